The highest BCUT2D eigenvalue weighted by Gasteiger charge is 2.30. The number of hydrogen-bond acceptors (Lipinski definition) is 7. The van der Waals surface area contributed by atoms with E-state index < -0.39 is 10.0 Å². The number of para-hydroxylation sites is 2. The molecule has 8 nitrogen and oxygen atoms in total. The van der Waals surface area contributed by atoms with Gasteiger partial charge in [0.15, 0.2) is 5.58 Å². The normalized spacial score (nSPS) is 14.7. The van der Waals surface area contributed by atoms with Crippen LogP contribution in [0.25, 0.3) is 11.1 Å². The standard InChI is InChI=1S/C21H23N3O5S2/c1-2-28-18-10-9-15(13-19(18)31(26,27)24-11-5-6-12-24)22-20(25)14-30-21-23-16-7-3-4-8-17(16)29-21/h3-4,7-10,13H,2,5-6,11-12,14H2,1H3,(H,22,25). The highest BCUT2D eigenvalue weighted by Crippen LogP contribution is 2.32. The second-order valence-electron chi connectivity index (χ2n) is 6.99. The van der Waals surface area contributed by atoms with E-state index in [1.165, 1.54) is 22.1 Å². The molecule has 2 heterocycles. The second kappa shape index (κ2) is 9.29. The molecular formula is C21H23N3O5S2. The maximum absolute atomic E-state index is 13.1. The molecule has 1 N–H and O–H groups in total. The van der Waals surface area contributed by atoms with Gasteiger partial charge in [-0.1, -0.05) is 23.9 Å². The van der Waals surface area contributed by atoms with Crippen molar-refractivity contribution >= 4 is 44.5 Å². The van der Waals surface area contributed by atoms with E-state index in [2.05, 4.69) is 10.3 Å². The second-order valence-corrected chi connectivity index (χ2v) is 9.82. The number of nitrogens with one attached hydrogen (secondary N) is 1. The van der Waals surface area contributed by atoms with Crippen molar-refractivity contribution in [1.82, 2.24) is 9.29 Å². The molecule has 1 amide bonds. The molecule has 0 aliphatic carbocycles. The summed E-state index contributed by atoms with van der Waals surface area (Å²) in [7, 11) is -3.69. The Bertz CT molecular complexity index is 1150. The van der Waals surface area contributed by atoms with Crippen molar-refractivity contribution in [3.05, 3.63) is 42.5 Å². The van der Waals surface area contributed by atoms with Crippen LogP contribution < -0.4 is 10.1 Å². The highest BCUT2D eigenvalue weighted by atomic mass is 32.2. The van der Waals surface area contributed by atoms with Gasteiger partial charge in [0.25, 0.3) is 5.22 Å². The van der Waals surface area contributed by atoms with Gasteiger partial charge in [0.05, 0.1) is 12.4 Å². The Balaban J connectivity index is 1.47. The summed E-state index contributed by atoms with van der Waals surface area (Å²) in [6.07, 6.45) is 1.68. The van der Waals surface area contributed by atoms with Gasteiger partial charge in [0, 0.05) is 18.8 Å². The maximum Gasteiger partial charge on any atom is 0.257 e. The first-order valence-electron chi connectivity index (χ1n) is 10.0. The van der Waals surface area contributed by atoms with Gasteiger partial charge in [0.2, 0.25) is 15.9 Å². The van der Waals surface area contributed by atoms with Gasteiger partial charge in [-0.15, -0.1) is 0 Å². The minimum Gasteiger partial charge on any atom is -0.492 e. The Labute approximate surface area is 185 Å². The van der Waals surface area contributed by atoms with Crippen molar-refractivity contribution in [2.45, 2.75) is 29.9 Å². The van der Waals surface area contributed by atoms with Crippen LogP contribution in [0.1, 0.15) is 19.8 Å². The van der Waals surface area contributed by atoms with Gasteiger partial charge in [-0.25, -0.2) is 13.4 Å². The lowest BCUT2D eigenvalue weighted by molar-refractivity contribution is -0.113. The van der Waals surface area contributed by atoms with Crippen molar-refractivity contribution in [2.75, 3.05) is 30.8 Å². The Morgan fingerprint density at radius 1 is 1.23 bits per heavy atom. The molecule has 1 aliphatic rings. The monoisotopic (exact) mass is 461 g/mol. The summed E-state index contributed by atoms with van der Waals surface area (Å²) in [4.78, 5) is 16.8. The Morgan fingerprint density at radius 3 is 2.74 bits per heavy atom. The Kier molecular flexibility index (Phi) is 6.49. The maximum atomic E-state index is 13.1. The third kappa shape index (κ3) is 4.86. The number of oxazole rings is 1. The summed E-state index contributed by atoms with van der Waals surface area (Å²) < 4.78 is 38.7. The number of sulfonamides is 1. The Hall–Kier alpha value is -2.56. The van der Waals surface area contributed by atoms with Crippen LogP contribution in [-0.2, 0) is 14.8 Å². The quantitative estimate of drug-likeness (QED) is 0.510. The number of thioether (sulfide) groups is 1. The molecule has 0 atom stereocenters. The number of amides is 1. The van der Waals surface area contributed by atoms with Crippen LogP contribution in [0.2, 0.25) is 0 Å². The topological polar surface area (TPSA) is 102 Å². The molecule has 1 aromatic heterocycles. The molecule has 0 unspecified atom stereocenters. The number of rotatable bonds is 8. The van der Waals surface area contributed by atoms with E-state index in [0.717, 1.165) is 18.4 Å². The molecule has 0 bridgehead atoms. The number of aromatic nitrogens is 1. The minimum atomic E-state index is -3.69. The van der Waals surface area contributed by atoms with Crippen molar-refractivity contribution in [3.63, 3.8) is 0 Å². The third-order valence-electron chi connectivity index (χ3n) is 4.81. The molecule has 1 saturated heterocycles. The molecule has 2 aromatic carbocycles. The number of fused-ring (bicyclic) bond motifs is 1. The van der Waals surface area contributed by atoms with E-state index in [1.54, 1.807) is 19.1 Å². The van der Waals surface area contributed by atoms with E-state index in [0.29, 0.717) is 36.2 Å². The predicted molar refractivity (Wildman–Crippen MR) is 119 cm³/mol. The lowest BCUT2D eigenvalue weighted by Gasteiger charge is -2.19. The molecule has 3 aromatic rings. The molecule has 31 heavy (non-hydrogen) atoms. The lowest BCUT2D eigenvalue weighted by Crippen LogP contribution is -2.28. The first-order valence-corrected chi connectivity index (χ1v) is 12.4. The SMILES string of the molecule is CCOc1ccc(NC(=O)CSc2nc3ccccc3o2)cc1S(=O)(=O)N1CCCC1. The number of ether oxygens (including phenoxy) is 1. The van der Waals surface area contributed by atoms with E-state index in [-0.39, 0.29) is 22.3 Å². The molecule has 10 heteroatoms. The number of carbonyl (C=O) groups excluding carboxylic acids is 1. The largest absolute Gasteiger partial charge is 0.492 e. The first kappa shape index (κ1) is 21.7. The van der Waals surface area contributed by atoms with E-state index >= 15 is 0 Å². The van der Waals surface area contributed by atoms with Crippen LogP contribution in [0, 0.1) is 0 Å². The third-order valence-corrected chi connectivity index (χ3v) is 7.56. The van der Waals surface area contributed by atoms with E-state index in [9.17, 15) is 13.2 Å². The number of carbonyl (C=O) groups is 1. The number of anilines is 1. The lowest BCUT2D eigenvalue weighted by atomic mass is 10.3. The van der Waals surface area contributed by atoms with Crippen LogP contribution in [-0.4, -0.2) is 49.1 Å². The highest BCUT2D eigenvalue weighted by molar-refractivity contribution is 7.99. The summed E-state index contributed by atoms with van der Waals surface area (Å²) in [6, 6.07) is 12.0. The van der Waals surface area contributed by atoms with Gasteiger partial charge in [-0.3, -0.25) is 4.79 Å². The summed E-state index contributed by atoms with van der Waals surface area (Å²) in [5, 5.41) is 3.15. The van der Waals surface area contributed by atoms with Gasteiger partial charge in [-0.2, -0.15) is 4.31 Å². The van der Waals surface area contributed by atoms with Gasteiger partial charge in [0.1, 0.15) is 16.2 Å². The fraction of sp³-hybridized carbons (Fsp3) is 0.333. The first-order chi connectivity index (χ1) is 15.0. The number of hydrogen-bond donors (Lipinski definition) is 1. The summed E-state index contributed by atoms with van der Waals surface area (Å²) in [5.74, 6) is 0.0722. The van der Waals surface area contributed by atoms with E-state index in [1.807, 2.05) is 24.3 Å². The van der Waals surface area contributed by atoms with Crippen molar-refractivity contribution in [2.24, 2.45) is 0 Å². The summed E-state index contributed by atoms with van der Waals surface area (Å²) in [6.45, 7) is 3.12. The van der Waals surface area contributed by atoms with Crippen LogP contribution in [0.4, 0.5) is 5.69 Å². The van der Waals surface area contributed by atoms with Gasteiger partial charge in [-0.05, 0) is 50.1 Å². The minimum absolute atomic E-state index is 0.0700. The zero-order valence-corrected chi connectivity index (χ0v) is 18.7. The zero-order valence-electron chi connectivity index (χ0n) is 17.0. The molecule has 0 spiro atoms. The van der Waals surface area contributed by atoms with Crippen molar-refractivity contribution in [1.29, 1.82) is 0 Å². The number of benzene rings is 2. The molecular weight excluding hydrogens is 438 g/mol. The molecule has 0 radical (unpaired) electrons. The smallest absolute Gasteiger partial charge is 0.257 e. The Morgan fingerprint density at radius 2 is 2.00 bits per heavy atom. The van der Waals surface area contributed by atoms with Gasteiger partial charge < -0.3 is 14.5 Å². The van der Waals surface area contributed by atoms with Crippen molar-refractivity contribution in [3.8, 4) is 5.75 Å². The molecule has 4 rings (SSSR count). The zero-order chi connectivity index (χ0) is 21.8. The average molecular weight is 462 g/mol. The van der Waals surface area contributed by atoms with Crippen LogP contribution in [0.3, 0.4) is 0 Å². The fourth-order valence-corrected chi connectivity index (χ4v) is 5.68. The van der Waals surface area contributed by atoms with Crippen LogP contribution >= 0.6 is 11.8 Å². The molecule has 0 saturated carbocycles. The average Bonchev–Trinajstić information content (AvgIpc) is 3.43. The van der Waals surface area contributed by atoms with Crippen LogP contribution in [0.15, 0.2) is 57.0 Å². The number of nitrogens with zero attached hydrogens (tertiary/aromatic N) is 2. The molecule has 1 fully saturated rings. The summed E-state index contributed by atoms with van der Waals surface area (Å²) >= 11 is 1.17. The van der Waals surface area contributed by atoms with Crippen LogP contribution in [0.5, 0.6) is 5.75 Å². The fourth-order valence-electron chi connectivity index (χ4n) is 3.37. The molecule has 164 valence electrons. The van der Waals surface area contributed by atoms with Crippen molar-refractivity contribution < 1.29 is 22.4 Å². The summed E-state index contributed by atoms with van der Waals surface area (Å²) in [5.41, 5.74) is 1.78. The molecule has 1 aliphatic heterocycles. The predicted octanol–water partition coefficient (Wildman–Crippen LogP) is 3.74. The van der Waals surface area contributed by atoms with Gasteiger partial charge >= 0.3 is 0 Å². The van der Waals surface area contributed by atoms with E-state index in [4.69, 9.17) is 9.15 Å².